The molecule has 114 valence electrons. The van der Waals surface area contributed by atoms with Crippen molar-refractivity contribution in [3.05, 3.63) is 0 Å². The van der Waals surface area contributed by atoms with Gasteiger partial charge in [0, 0.05) is 45.8 Å². The average molecular weight is 282 g/mol. The van der Waals surface area contributed by atoms with Crippen LogP contribution in [-0.2, 0) is 4.79 Å². The van der Waals surface area contributed by atoms with Gasteiger partial charge in [0.2, 0.25) is 5.91 Å². The van der Waals surface area contributed by atoms with Gasteiger partial charge in [0.1, 0.15) is 0 Å². The zero-order valence-electron chi connectivity index (χ0n) is 12.7. The lowest BCUT2D eigenvalue weighted by Gasteiger charge is -2.40. The van der Waals surface area contributed by atoms with Crippen LogP contribution < -0.4 is 0 Å². The molecule has 0 saturated carbocycles. The monoisotopic (exact) mass is 282 g/mol. The molecule has 1 N–H and O–H groups in total. The van der Waals surface area contributed by atoms with E-state index in [4.69, 9.17) is 5.26 Å². The summed E-state index contributed by atoms with van der Waals surface area (Å²) in [6, 6.07) is 2.39. The van der Waals surface area contributed by atoms with Crippen LogP contribution in [0.25, 0.3) is 0 Å². The molecular weight excluding hydrogens is 256 g/mol. The van der Waals surface area contributed by atoms with E-state index in [1.54, 1.807) is 18.9 Å². The van der Waals surface area contributed by atoms with E-state index in [9.17, 15) is 9.90 Å². The van der Waals surface area contributed by atoms with Crippen LogP contribution in [0.2, 0.25) is 0 Å². The van der Waals surface area contributed by atoms with E-state index in [1.807, 2.05) is 0 Å². The summed E-state index contributed by atoms with van der Waals surface area (Å²) < 4.78 is 0. The molecule has 1 aliphatic heterocycles. The molecule has 0 spiro atoms. The van der Waals surface area contributed by atoms with Crippen molar-refractivity contribution < 1.29 is 9.90 Å². The highest BCUT2D eigenvalue weighted by atomic mass is 16.3. The van der Waals surface area contributed by atoms with Crippen molar-refractivity contribution in [2.24, 2.45) is 0 Å². The van der Waals surface area contributed by atoms with Gasteiger partial charge in [-0.25, -0.2) is 0 Å². The molecule has 0 radical (unpaired) electrons. The first-order valence-electron chi connectivity index (χ1n) is 7.19. The molecule has 1 amide bonds. The summed E-state index contributed by atoms with van der Waals surface area (Å²) >= 11 is 0. The molecule has 0 unspecified atom stereocenters. The van der Waals surface area contributed by atoms with E-state index in [0.29, 0.717) is 32.1 Å². The van der Waals surface area contributed by atoms with Crippen LogP contribution in [0.4, 0.5) is 0 Å². The minimum atomic E-state index is -0.317. The number of likely N-dealkylation sites (N-methyl/N-ethyl adjacent to an activating group) is 1. The third-order valence-electron chi connectivity index (χ3n) is 3.69. The summed E-state index contributed by atoms with van der Waals surface area (Å²) in [4.78, 5) is 18.0. The summed E-state index contributed by atoms with van der Waals surface area (Å²) in [7, 11) is 1.74. The fourth-order valence-electron chi connectivity index (χ4n) is 2.48. The highest BCUT2D eigenvalue weighted by Crippen LogP contribution is 2.10. The minimum absolute atomic E-state index is 0.0661. The highest BCUT2D eigenvalue weighted by Gasteiger charge is 2.26. The Morgan fingerprint density at radius 2 is 2.25 bits per heavy atom. The van der Waals surface area contributed by atoms with Crippen LogP contribution in [-0.4, -0.2) is 84.2 Å². The van der Waals surface area contributed by atoms with Crippen LogP contribution in [0.1, 0.15) is 20.3 Å². The number of nitriles is 1. The Labute approximate surface area is 121 Å². The second-order valence-corrected chi connectivity index (χ2v) is 5.65. The van der Waals surface area contributed by atoms with Crippen LogP contribution in [0.15, 0.2) is 0 Å². The normalized spacial score (nSPS) is 22.2. The van der Waals surface area contributed by atoms with Crippen LogP contribution in [0, 0.1) is 11.3 Å². The number of nitrogens with zero attached hydrogens (tertiary/aromatic N) is 4. The van der Waals surface area contributed by atoms with Gasteiger partial charge in [0.25, 0.3) is 0 Å². The molecule has 20 heavy (non-hydrogen) atoms. The SMILES string of the molecule is C[C@H](O)CN1CCN(CC(=O)N(C)CCC#N)C[C@@H]1C. The molecule has 0 aromatic rings. The third-order valence-corrected chi connectivity index (χ3v) is 3.69. The Morgan fingerprint density at radius 1 is 1.55 bits per heavy atom. The summed E-state index contributed by atoms with van der Waals surface area (Å²) in [5.41, 5.74) is 0. The van der Waals surface area contributed by atoms with E-state index in [0.717, 1.165) is 19.6 Å². The highest BCUT2D eigenvalue weighted by molar-refractivity contribution is 5.78. The second-order valence-electron chi connectivity index (χ2n) is 5.65. The van der Waals surface area contributed by atoms with E-state index < -0.39 is 0 Å². The minimum Gasteiger partial charge on any atom is -0.392 e. The maximum atomic E-state index is 12.0. The third kappa shape index (κ3) is 5.45. The van der Waals surface area contributed by atoms with Crippen LogP contribution in [0.3, 0.4) is 0 Å². The Bertz CT molecular complexity index is 354. The van der Waals surface area contributed by atoms with Crippen molar-refractivity contribution in [1.29, 1.82) is 5.26 Å². The van der Waals surface area contributed by atoms with Crippen molar-refractivity contribution in [2.75, 3.05) is 46.3 Å². The number of hydrogen-bond donors (Lipinski definition) is 1. The van der Waals surface area contributed by atoms with Crippen molar-refractivity contribution >= 4 is 5.91 Å². The molecule has 0 aromatic carbocycles. The molecule has 0 aromatic heterocycles. The number of amides is 1. The molecular formula is C14H26N4O2. The molecule has 6 nitrogen and oxygen atoms in total. The quantitative estimate of drug-likeness (QED) is 0.727. The van der Waals surface area contributed by atoms with E-state index >= 15 is 0 Å². The molecule has 0 bridgehead atoms. The molecule has 1 heterocycles. The maximum Gasteiger partial charge on any atom is 0.236 e. The summed E-state index contributed by atoms with van der Waals surface area (Å²) in [5.74, 6) is 0.0661. The Morgan fingerprint density at radius 3 is 2.80 bits per heavy atom. The number of aliphatic hydroxyl groups excluding tert-OH is 1. The summed E-state index contributed by atoms with van der Waals surface area (Å²) in [6.45, 7) is 8.07. The van der Waals surface area contributed by atoms with Crippen LogP contribution in [0.5, 0.6) is 0 Å². The molecule has 1 saturated heterocycles. The zero-order valence-corrected chi connectivity index (χ0v) is 12.7. The van der Waals surface area contributed by atoms with Gasteiger partial charge in [0.15, 0.2) is 0 Å². The fourth-order valence-corrected chi connectivity index (χ4v) is 2.48. The average Bonchev–Trinajstić information content (AvgIpc) is 2.38. The number of β-amino-alcohol motifs (C(OH)–C–C–N with tert-alkyl or cyclic N) is 1. The van der Waals surface area contributed by atoms with Gasteiger partial charge in [-0.05, 0) is 13.8 Å². The van der Waals surface area contributed by atoms with Gasteiger partial charge in [-0.3, -0.25) is 14.6 Å². The van der Waals surface area contributed by atoms with E-state index in [2.05, 4.69) is 22.8 Å². The van der Waals surface area contributed by atoms with Crippen molar-refractivity contribution in [3.63, 3.8) is 0 Å². The van der Waals surface area contributed by atoms with Gasteiger partial charge in [-0.2, -0.15) is 5.26 Å². The Hall–Kier alpha value is -1.16. The standard InChI is InChI=1S/C14H26N4O2/c1-12-9-17(7-8-18(12)10-13(2)19)11-14(20)16(3)6-4-5-15/h12-13,19H,4,6-11H2,1-3H3/t12-,13-/m0/s1. The van der Waals surface area contributed by atoms with E-state index in [1.165, 1.54) is 0 Å². The predicted molar refractivity (Wildman–Crippen MR) is 77.0 cm³/mol. The smallest absolute Gasteiger partial charge is 0.236 e. The molecule has 1 rings (SSSR count). The first kappa shape index (κ1) is 16.9. The van der Waals surface area contributed by atoms with Crippen LogP contribution >= 0.6 is 0 Å². The number of carbonyl (C=O) groups is 1. The van der Waals surface area contributed by atoms with Gasteiger partial charge in [-0.1, -0.05) is 0 Å². The number of carbonyl (C=O) groups excluding carboxylic acids is 1. The topological polar surface area (TPSA) is 70.8 Å². The zero-order chi connectivity index (χ0) is 15.1. The number of piperazine rings is 1. The molecule has 1 fully saturated rings. The van der Waals surface area contributed by atoms with E-state index in [-0.39, 0.29) is 12.0 Å². The Kier molecular flexibility index (Phi) is 6.93. The maximum absolute atomic E-state index is 12.0. The number of aliphatic hydroxyl groups is 1. The number of rotatable bonds is 6. The fraction of sp³-hybridized carbons (Fsp3) is 0.857. The van der Waals surface area contributed by atoms with Crippen molar-refractivity contribution in [2.45, 2.75) is 32.4 Å². The molecule has 6 heteroatoms. The van der Waals surface area contributed by atoms with Gasteiger partial charge < -0.3 is 10.0 Å². The van der Waals surface area contributed by atoms with Gasteiger partial charge >= 0.3 is 0 Å². The van der Waals surface area contributed by atoms with Crippen molar-refractivity contribution in [3.8, 4) is 6.07 Å². The summed E-state index contributed by atoms with van der Waals surface area (Å²) in [6.07, 6.45) is 0.0589. The molecule has 1 aliphatic rings. The largest absolute Gasteiger partial charge is 0.392 e. The molecule has 2 atom stereocenters. The van der Waals surface area contributed by atoms with Crippen molar-refractivity contribution in [1.82, 2.24) is 14.7 Å². The first-order chi connectivity index (χ1) is 9.43. The van der Waals surface area contributed by atoms with Gasteiger partial charge in [0.05, 0.1) is 25.1 Å². The molecule has 0 aliphatic carbocycles. The summed E-state index contributed by atoms with van der Waals surface area (Å²) in [5, 5.41) is 18.0. The predicted octanol–water partition coefficient (Wildman–Crippen LogP) is -0.255. The lowest BCUT2D eigenvalue weighted by atomic mass is 10.1. The lowest BCUT2D eigenvalue weighted by Crippen LogP contribution is -2.55. The second kappa shape index (κ2) is 8.20. The first-order valence-corrected chi connectivity index (χ1v) is 7.19. The Balaban J connectivity index is 2.37. The number of hydrogen-bond acceptors (Lipinski definition) is 5. The lowest BCUT2D eigenvalue weighted by molar-refractivity contribution is -0.131. The van der Waals surface area contributed by atoms with Gasteiger partial charge in [-0.15, -0.1) is 0 Å².